The van der Waals surface area contributed by atoms with Crippen LogP contribution in [0.15, 0.2) is 0 Å². The molecule has 0 saturated heterocycles. The lowest BCUT2D eigenvalue weighted by Gasteiger charge is -2.29. The number of rotatable bonds is 6. The first-order valence-electron chi connectivity index (χ1n) is 6.15. The van der Waals surface area contributed by atoms with E-state index in [4.69, 9.17) is 4.74 Å². The second kappa shape index (κ2) is 7.24. The SMILES string of the molecule is CCOCCCNC1CCCCC1C. The molecule has 0 heterocycles. The van der Waals surface area contributed by atoms with Gasteiger partial charge in [-0.2, -0.15) is 0 Å². The van der Waals surface area contributed by atoms with Gasteiger partial charge in [0.25, 0.3) is 0 Å². The third-order valence-electron chi connectivity index (χ3n) is 3.19. The summed E-state index contributed by atoms with van der Waals surface area (Å²) in [4.78, 5) is 0. The quantitative estimate of drug-likeness (QED) is 0.664. The summed E-state index contributed by atoms with van der Waals surface area (Å²) >= 11 is 0. The van der Waals surface area contributed by atoms with Crippen LogP contribution in [-0.2, 0) is 4.74 Å². The zero-order valence-corrected chi connectivity index (χ0v) is 9.72. The molecular formula is C12H25NO. The average molecular weight is 199 g/mol. The van der Waals surface area contributed by atoms with E-state index >= 15 is 0 Å². The van der Waals surface area contributed by atoms with Gasteiger partial charge in [-0.25, -0.2) is 0 Å². The second-order valence-corrected chi connectivity index (χ2v) is 4.37. The maximum Gasteiger partial charge on any atom is 0.0477 e. The van der Waals surface area contributed by atoms with Gasteiger partial charge in [-0.15, -0.1) is 0 Å². The van der Waals surface area contributed by atoms with Crippen LogP contribution in [-0.4, -0.2) is 25.8 Å². The molecule has 1 N–H and O–H groups in total. The van der Waals surface area contributed by atoms with Gasteiger partial charge in [0, 0.05) is 19.3 Å². The zero-order valence-electron chi connectivity index (χ0n) is 9.72. The molecule has 0 spiro atoms. The fourth-order valence-electron chi connectivity index (χ4n) is 2.23. The Labute approximate surface area is 88.4 Å². The number of hydrogen-bond donors (Lipinski definition) is 1. The number of nitrogens with one attached hydrogen (secondary N) is 1. The molecule has 1 aliphatic carbocycles. The van der Waals surface area contributed by atoms with Crippen molar-refractivity contribution in [1.29, 1.82) is 0 Å². The molecule has 1 saturated carbocycles. The van der Waals surface area contributed by atoms with Crippen molar-refractivity contribution in [1.82, 2.24) is 5.32 Å². The molecular weight excluding hydrogens is 174 g/mol. The van der Waals surface area contributed by atoms with E-state index in [1.54, 1.807) is 0 Å². The molecule has 0 amide bonds. The third-order valence-corrected chi connectivity index (χ3v) is 3.19. The van der Waals surface area contributed by atoms with Gasteiger partial charge in [-0.3, -0.25) is 0 Å². The summed E-state index contributed by atoms with van der Waals surface area (Å²) in [5, 5.41) is 3.65. The Balaban J connectivity index is 1.99. The Morgan fingerprint density at radius 2 is 2.07 bits per heavy atom. The summed E-state index contributed by atoms with van der Waals surface area (Å²) in [6.45, 7) is 7.30. The van der Waals surface area contributed by atoms with Crippen molar-refractivity contribution in [3.63, 3.8) is 0 Å². The normalized spacial score (nSPS) is 27.9. The van der Waals surface area contributed by atoms with E-state index in [2.05, 4.69) is 19.2 Å². The molecule has 0 aromatic heterocycles. The van der Waals surface area contributed by atoms with E-state index in [9.17, 15) is 0 Å². The lowest BCUT2D eigenvalue weighted by atomic mass is 9.86. The monoisotopic (exact) mass is 199 g/mol. The minimum absolute atomic E-state index is 0.769. The highest BCUT2D eigenvalue weighted by Gasteiger charge is 2.19. The highest BCUT2D eigenvalue weighted by Crippen LogP contribution is 2.23. The Bertz CT molecular complexity index is 138. The molecule has 0 bridgehead atoms. The van der Waals surface area contributed by atoms with Gasteiger partial charge in [-0.05, 0) is 38.6 Å². The van der Waals surface area contributed by atoms with Gasteiger partial charge in [0.05, 0.1) is 0 Å². The molecule has 1 fully saturated rings. The lowest BCUT2D eigenvalue weighted by molar-refractivity contribution is 0.142. The van der Waals surface area contributed by atoms with Crippen molar-refractivity contribution in [2.75, 3.05) is 19.8 Å². The van der Waals surface area contributed by atoms with Gasteiger partial charge < -0.3 is 10.1 Å². The molecule has 0 aliphatic heterocycles. The lowest BCUT2D eigenvalue weighted by Crippen LogP contribution is -2.37. The molecule has 2 unspecified atom stereocenters. The zero-order chi connectivity index (χ0) is 10.2. The molecule has 1 aliphatic rings. The highest BCUT2D eigenvalue weighted by atomic mass is 16.5. The summed E-state index contributed by atoms with van der Waals surface area (Å²) in [5.74, 6) is 0.871. The molecule has 2 nitrogen and oxygen atoms in total. The summed E-state index contributed by atoms with van der Waals surface area (Å²) in [6.07, 6.45) is 6.77. The van der Waals surface area contributed by atoms with Crippen molar-refractivity contribution < 1.29 is 4.74 Å². The summed E-state index contributed by atoms with van der Waals surface area (Å²) in [7, 11) is 0. The molecule has 1 rings (SSSR count). The van der Waals surface area contributed by atoms with Crippen LogP contribution in [0.5, 0.6) is 0 Å². The standard InChI is InChI=1S/C12H25NO/c1-3-14-10-6-9-13-12-8-5-4-7-11(12)2/h11-13H,3-10H2,1-2H3. The predicted octanol–water partition coefficient (Wildman–Crippen LogP) is 2.58. The van der Waals surface area contributed by atoms with Crippen LogP contribution in [0.4, 0.5) is 0 Å². The van der Waals surface area contributed by atoms with E-state index in [0.717, 1.165) is 38.1 Å². The predicted molar refractivity (Wildman–Crippen MR) is 60.5 cm³/mol. The summed E-state index contributed by atoms with van der Waals surface area (Å²) in [5.41, 5.74) is 0. The first kappa shape index (κ1) is 12.0. The molecule has 14 heavy (non-hydrogen) atoms. The summed E-state index contributed by atoms with van der Waals surface area (Å²) < 4.78 is 5.31. The van der Waals surface area contributed by atoms with Crippen LogP contribution in [0.3, 0.4) is 0 Å². The van der Waals surface area contributed by atoms with E-state index in [1.165, 1.54) is 25.7 Å². The van der Waals surface area contributed by atoms with Crippen molar-refractivity contribution >= 4 is 0 Å². The van der Waals surface area contributed by atoms with Crippen LogP contribution in [0, 0.1) is 5.92 Å². The van der Waals surface area contributed by atoms with Gasteiger partial charge in [0.2, 0.25) is 0 Å². The van der Waals surface area contributed by atoms with Gasteiger partial charge in [-0.1, -0.05) is 19.8 Å². The van der Waals surface area contributed by atoms with Crippen molar-refractivity contribution in [2.24, 2.45) is 5.92 Å². The maximum atomic E-state index is 5.31. The fraction of sp³-hybridized carbons (Fsp3) is 1.00. The van der Waals surface area contributed by atoms with E-state index in [1.807, 2.05) is 0 Å². The minimum Gasteiger partial charge on any atom is -0.382 e. The molecule has 0 aromatic carbocycles. The number of ether oxygens (including phenoxy) is 1. The van der Waals surface area contributed by atoms with Crippen LogP contribution in [0.25, 0.3) is 0 Å². The smallest absolute Gasteiger partial charge is 0.0477 e. The van der Waals surface area contributed by atoms with Gasteiger partial charge in [0.1, 0.15) is 0 Å². The minimum atomic E-state index is 0.769. The van der Waals surface area contributed by atoms with Crippen molar-refractivity contribution in [3.8, 4) is 0 Å². The Kier molecular flexibility index (Phi) is 6.20. The van der Waals surface area contributed by atoms with Crippen molar-refractivity contribution in [3.05, 3.63) is 0 Å². The topological polar surface area (TPSA) is 21.3 Å². The van der Waals surface area contributed by atoms with E-state index < -0.39 is 0 Å². The molecule has 0 aromatic rings. The maximum absolute atomic E-state index is 5.31. The Hall–Kier alpha value is -0.0800. The number of hydrogen-bond acceptors (Lipinski definition) is 2. The molecule has 2 atom stereocenters. The van der Waals surface area contributed by atoms with Gasteiger partial charge in [0.15, 0.2) is 0 Å². The molecule has 2 heteroatoms. The van der Waals surface area contributed by atoms with Crippen LogP contribution in [0.1, 0.15) is 46.0 Å². The van der Waals surface area contributed by atoms with E-state index in [-0.39, 0.29) is 0 Å². The second-order valence-electron chi connectivity index (χ2n) is 4.37. The Morgan fingerprint density at radius 3 is 2.79 bits per heavy atom. The van der Waals surface area contributed by atoms with Gasteiger partial charge >= 0.3 is 0 Å². The van der Waals surface area contributed by atoms with Crippen LogP contribution in [0.2, 0.25) is 0 Å². The highest BCUT2D eigenvalue weighted by molar-refractivity contribution is 4.77. The van der Waals surface area contributed by atoms with Crippen LogP contribution >= 0.6 is 0 Å². The molecule has 0 radical (unpaired) electrons. The van der Waals surface area contributed by atoms with Crippen LogP contribution < -0.4 is 5.32 Å². The Morgan fingerprint density at radius 1 is 1.29 bits per heavy atom. The molecule has 84 valence electrons. The van der Waals surface area contributed by atoms with E-state index in [0.29, 0.717) is 0 Å². The average Bonchev–Trinajstić information content (AvgIpc) is 2.20. The first-order chi connectivity index (χ1) is 6.84. The third kappa shape index (κ3) is 4.43. The fourth-order valence-corrected chi connectivity index (χ4v) is 2.23. The van der Waals surface area contributed by atoms with Crippen molar-refractivity contribution in [2.45, 2.75) is 52.0 Å². The largest absolute Gasteiger partial charge is 0.382 e. The first-order valence-corrected chi connectivity index (χ1v) is 6.15. The summed E-state index contributed by atoms with van der Waals surface area (Å²) in [6, 6.07) is 0.769.